The largest absolute Gasteiger partial charge is 0.322 e. The summed E-state index contributed by atoms with van der Waals surface area (Å²) in [5.41, 5.74) is 3.80. The van der Waals surface area contributed by atoms with Crippen LogP contribution in [0.4, 0.5) is 11.4 Å². The Balaban J connectivity index is 1.77. The molecule has 0 atom stereocenters. The van der Waals surface area contributed by atoms with E-state index < -0.39 is 5.91 Å². The second-order valence-electron chi connectivity index (χ2n) is 6.31. The van der Waals surface area contributed by atoms with Crippen molar-refractivity contribution in [2.24, 2.45) is 0 Å². The molecule has 0 aliphatic heterocycles. The van der Waals surface area contributed by atoms with Gasteiger partial charge >= 0.3 is 0 Å². The quantitative estimate of drug-likeness (QED) is 0.632. The van der Waals surface area contributed by atoms with Gasteiger partial charge in [0.25, 0.3) is 11.8 Å². The number of nitrogens with zero attached hydrogens (tertiary/aromatic N) is 1. The summed E-state index contributed by atoms with van der Waals surface area (Å²) < 4.78 is 0. The number of carbonyl (C=O) groups excluding carboxylic acids is 2. The van der Waals surface area contributed by atoms with Crippen molar-refractivity contribution in [3.05, 3.63) is 88.2 Å². The fraction of sp³-hybridized carbons (Fsp3) is 0.136. The Bertz CT molecular complexity index is 1030. The summed E-state index contributed by atoms with van der Waals surface area (Å²) in [6.45, 7) is 3.88. The van der Waals surface area contributed by atoms with Crippen LogP contribution in [0.3, 0.4) is 0 Å². The van der Waals surface area contributed by atoms with Crippen molar-refractivity contribution in [2.45, 2.75) is 20.3 Å². The maximum atomic E-state index is 12.6. The molecule has 0 saturated carbocycles. The van der Waals surface area contributed by atoms with E-state index >= 15 is 0 Å². The highest BCUT2D eigenvalue weighted by molar-refractivity contribution is 6.30. The summed E-state index contributed by atoms with van der Waals surface area (Å²) in [6, 6.07) is 15.9. The van der Waals surface area contributed by atoms with Crippen LogP contribution in [0.2, 0.25) is 5.02 Å². The molecule has 2 aromatic carbocycles. The molecule has 0 aliphatic rings. The van der Waals surface area contributed by atoms with E-state index in [1.807, 2.05) is 38.1 Å². The molecule has 0 radical (unpaired) electrons. The molecule has 0 saturated heterocycles. The lowest BCUT2D eigenvalue weighted by Gasteiger charge is -2.11. The first-order valence-electron chi connectivity index (χ1n) is 8.90. The molecule has 0 fully saturated rings. The normalized spacial score (nSPS) is 10.4. The third-order valence-corrected chi connectivity index (χ3v) is 4.57. The lowest BCUT2D eigenvalue weighted by molar-refractivity contribution is 0.102. The third kappa shape index (κ3) is 4.56. The molecule has 0 unspecified atom stereocenters. The van der Waals surface area contributed by atoms with Gasteiger partial charge in [-0.2, -0.15) is 0 Å². The first-order chi connectivity index (χ1) is 13.5. The van der Waals surface area contributed by atoms with Gasteiger partial charge in [-0.25, -0.2) is 0 Å². The van der Waals surface area contributed by atoms with Gasteiger partial charge in [-0.3, -0.25) is 14.6 Å². The molecule has 5 nitrogen and oxygen atoms in total. The van der Waals surface area contributed by atoms with Crippen molar-refractivity contribution in [3.8, 4) is 0 Å². The van der Waals surface area contributed by atoms with Gasteiger partial charge in [-0.1, -0.05) is 36.7 Å². The van der Waals surface area contributed by atoms with Crippen LogP contribution in [0.15, 0.2) is 60.8 Å². The number of halogens is 1. The lowest BCUT2D eigenvalue weighted by Crippen LogP contribution is -2.17. The molecule has 3 rings (SSSR count). The molecule has 6 heteroatoms. The van der Waals surface area contributed by atoms with E-state index in [9.17, 15) is 9.59 Å². The molecule has 0 bridgehead atoms. The standard InChI is InChI=1S/C22H20ClN3O2/c1-3-15-6-4-5-7-19(15)26-21(27)16-10-11-24-20(13-16)22(28)25-18-9-8-17(23)12-14(18)2/h4-13H,3H2,1-2H3,(H,25,28)(H,26,27). The van der Waals surface area contributed by atoms with Crippen molar-refractivity contribution in [1.82, 2.24) is 4.98 Å². The average Bonchev–Trinajstić information content (AvgIpc) is 2.70. The number of hydrogen-bond donors (Lipinski definition) is 2. The number of aromatic nitrogens is 1. The van der Waals surface area contributed by atoms with Gasteiger partial charge in [0.2, 0.25) is 0 Å². The predicted octanol–water partition coefficient (Wildman–Crippen LogP) is 5.11. The number of para-hydroxylation sites is 1. The number of amides is 2. The molecule has 3 aromatic rings. The first kappa shape index (κ1) is 19.6. The molecule has 28 heavy (non-hydrogen) atoms. The second-order valence-corrected chi connectivity index (χ2v) is 6.74. The zero-order valence-corrected chi connectivity index (χ0v) is 16.4. The van der Waals surface area contributed by atoms with Gasteiger partial charge in [0.15, 0.2) is 0 Å². The number of anilines is 2. The summed E-state index contributed by atoms with van der Waals surface area (Å²) in [5.74, 6) is -0.686. The molecule has 1 aromatic heterocycles. The van der Waals surface area contributed by atoms with Crippen molar-refractivity contribution < 1.29 is 9.59 Å². The minimum Gasteiger partial charge on any atom is -0.322 e. The second kappa shape index (κ2) is 8.67. The predicted molar refractivity (Wildman–Crippen MR) is 112 cm³/mol. The number of aryl methyl sites for hydroxylation is 2. The number of benzene rings is 2. The number of hydrogen-bond acceptors (Lipinski definition) is 3. The topological polar surface area (TPSA) is 71.1 Å². The summed E-state index contributed by atoms with van der Waals surface area (Å²) in [5, 5.41) is 6.29. The van der Waals surface area contributed by atoms with E-state index in [1.54, 1.807) is 24.3 Å². The summed E-state index contributed by atoms with van der Waals surface area (Å²) in [4.78, 5) is 29.3. The molecular weight excluding hydrogens is 374 g/mol. The Morgan fingerprint density at radius 2 is 1.71 bits per heavy atom. The van der Waals surface area contributed by atoms with E-state index in [2.05, 4.69) is 15.6 Å². The zero-order chi connectivity index (χ0) is 20.1. The molecule has 0 aliphatic carbocycles. The Labute approximate surface area is 168 Å². The fourth-order valence-corrected chi connectivity index (χ4v) is 3.02. The highest BCUT2D eigenvalue weighted by Gasteiger charge is 2.14. The summed E-state index contributed by atoms with van der Waals surface area (Å²) >= 11 is 5.94. The molecule has 2 amide bonds. The molecule has 2 N–H and O–H groups in total. The smallest absolute Gasteiger partial charge is 0.274 e. The van der Waals surface area contributed by atoms with Gasteiger partial charge in [-0.15, -0.1) is 0 Å². The van der Waals surface area contributed by atoms with Gasteiger partial charge in [0.05, 0.1) is 0 Å². The molecule has 0 spiro atoms. The summed E-state index contributed by atoms with van der Waals surface area (Å²) in [7, 11) is 0. The minimum absolute atomic E-state index is 0.158. The van der Waals surface area contributed by atoms with Crippen molar-refractivity contribution in [3.63, 3.8) is 0 Å². The van der Waals surface area contributed by atoms with Gasteiger partial charge in [0.1, 0.15) is 5.69 Å². The monoisotopic (exact) mass is 393 g/mol. The average molecular weight is 394 g/mol. The Morgan fingerprint density at radius 1 is 0.964 bits per heavy atom. The SMILES string of the molecule is CCc1ccccc1NC(=O)c1ccnc(C(=O)Nc2ccc(Cl)cc2C)c1. The number of pyridine rings is 1. The molecule has 1 heterocycles. The lowest BCUT2D eigenvalue weighted by atomic mass is 10.1. The van der Waals surface area contributed by atoms with Crippen molar-refractivity contribution in [2.75, 3.05) is 10.6 Å². The number of rotatable bonds is 5. The van der Waals surface area contributed by atoms with Crippen LogP contribution in [0.5, 0.6) is 0 Å². The van der Waals surface area contributed by atoms with Crippen LogP contribution >= 0.6 is 11.6 Å². The Kier molecular flexibility index (Phi) is 6.06. The Morgan fingerprint density at radius 3 is 2.46 bits per heavy atom. The molecule has 142 valence electrons. The number of carbonyl (C=O) groups is 2. The van der Waals surface area contributed by atoms with Crippen LogP contribution in [-0.2, 0) is 6.42 Å². The van der Waals surface area contributed by atoms with Gasteiger partial charge < -0.3 is 10.6 Å². The van der Waals surface area contributed by atoms with Crippen molar-refractivity contribution >= 4 is 34.8 Å². The maximum Gasteiger partial charge on any atom is 0.274 e. The van der Waals surface area contributed by atoms with Crippen LogP contribution < -0.4 is 10.6 Å². The summed E-state index contributed by atoms with van der Waals surface area (Å²) in [6.07, 6.45) is 2.26. The highest BCUT2D eigenvalue weighted by Crippen LogP contribution is 2.20. The van der Waals surface area contributed by atoms with Gasteiger partial charge in [0, 0.05) is 28.2 Å². The maximum absolute atomic E-state index is 12.6. The first-order valence-corrected chi connectivity index (χ1v) is 9.28. The van der Waals surface area contributed by atoms with E-state index in [0.717, 1.165) is 23.2 Å². The number of nitrogens with one attached hydrogen (secondary N) is 2. The van der Waals surface area contributed by atoms with Gasteiger partial charge in [-0.05, 0) is 60.9 Å². The van der Waals surface area contributed by atoms with E-state index in [1.165, 1.54) is 12.3 Å². The zero-order valence-electron chi connectivity index (χ0n) is 15.6. The fourth-order valence-electron chi connectivity index (χ4n) is 2.79. The molecular formula is C22H20ClN3O2. The Hall–Kier alpha value is -3.18. The van der Waals surface area contributed by atoms with E-state index in [-0.39, 0.29) is 11.6 Å². The van der Waals surface area contributed by atoms with Crippen LogP contribution in [0.25, 0.3) is 0 Å². The third-order valence-electron chi connectivity index (χ3n) is 4.34. The van der Waals surface area contributed by atoms with Crippen LogP contribution in [-0.4, -0.2) is 16.8 Å². The van der Waals surface area contributed by atoms with Crippen LogP contribution in [0, 0.1) is 6.92 Å². The minimum atomic E-state index is -0.394. The van der Waals surface area contributed by atoms with Crippen LogP contribution in [0.1, 0.15) is 38.9 Å². The highest BCUT2D eigenvalue weighted by atomic mass is 35.5. The van der Waals surface area contributed by atoms with E-state index in [4.69, 9.17) is 11.6 Å². The van der Waals surface area contributed by atoms with Crippen molar-refractivity contribution in [1.29, 1.82) is 0 Å². The van der Waals surface area contributed by atoms with E-state index in [0.29, 0.717) is 16.3 Å².